The maximum absolute atomic E-state index is 13.2. The van der Waals surface area contributed by atoms with Crippen LogP contribution in [0.4, 0.5) is 5.69 Å². The zero-order valence-electron chi connectivity index (χ0n) is 21.3. The fourth-order valence-electron chi connectivity index (χ4n) is 3.82. The number of allylic oxidation sites excluding steroid dienone is 1. The third-order valence-corrected chi connectivity index (χ3v) is 6.48. The number of nitro benzene ring substituents is 1. The minimum Gasteiger partial charge on any atom is -0.463 e. The van der Waals surface area contributed by atoms with Gasteiger partial charge in [0, 0.05) is 47.6 Å². The van der Waals surface area contributed by atoms with Gasteiger partial charge in [-0.3, -0.25) is 10.1 Å². The summed E-state index contributed by atoms with van der Waals surface area (Å²) in [7, 11) is 0. The first-order valence-corrected chi connectivity index (χ1v) is 13.0. The Morgan fingerprint density at radius 2 is 1.83 bits per heavy atom. The average molecular weight is 522 g/mol. The summed E-state index contributed by atoms with van der Waals surface area (Å²) in [6.45, 7) is 9.71. The molecule has 0 aromatic heterocycles. The highest BCUT2D eigenvalue weighted by molar-refractivity contribution is 7.99. The average Bonchev–Trinajstić information content (AvgIpc) is 2.82. The van der Waals surface area contributed by atoms with Gasteiger partial charge in [-0.15, -0.1) is 0 Å². The molecule has 0 saturated heterocycles. The summed E-state index contributed by atoms with van der Waals surface area (Å²) >= 11 is 1.42. The number of dihydropyridines is 1. The first kappa shape index (κ1) is 29.3. The summed E-state index contributed by atoms with van der Waals surface area (Å²) in [5, 5.41) is 28.1. The first-order valence-electron chi connectivity index (χ1n) is 11.9. The minimum absolute atomic E-state index is 0.113. The van der Waals surface area contributed by atoms with Crippen molar-refractivity contribution in [1.82, 2.24) is 10.6 Å². The van der Waals surface area contributed by atoms with Crippen molar-refractivity contribution in [2.45, 2.75) is 52.7 Å². The van der Waals surface area contributed by atoms with Gasteiger partial charge < -0.3 is 25.2 Å². The third kappa shape index (κ3) is 7.81. The van der Waals surface area contributed by atoms with Crippen molar-refractivity contribution in [2.24, 2.45) is 0 Å². The van der Waals surface area contributed by atoms with Gasteiger partial charge in [0.15, 0.2) is 0 Å². The first-order chi connectivity index (χ1) is 17.1. The van der Waals surface area contributed by atoms with E-state index in [0.717, 1.165) is 0 Å². The van der Waals surface area contributed by atoms with Gasteiger partial charge >= 0.3 is 11.9 Å². The van der Waals surface area contributed by atoms with Gasteiger partial charge in [-0.1, -0.05) is 26.0 Å². The molecule has 1 aliphatic rings. The van der Waals surface area contributed by atoms with E-state index >= 15 is 0 Å². The number of carbonyl (C=O) groups is 2. The van der Waals surface area contributed by atoms with Crippen LogP contribution in [-0.4, -0.2) is 65.4 Å². The van der Waals surface area contributed by atoms with E-state index in [9.17, 15) is 24.8 Å². The Bertz CT molecular complexity index is 1020. The van der Waals surface area contributed by atoms with Crippen LogP contribution in [0.3, 0.4) is 0 Å². The van der Waals surface area contributed by atoms with Crippen molar-refractivity contribution < 1.29 is 29.1 Å². The molecule has 0 fully saturated rings. The molecule has 1 aromatic carbocycles. The van der Waals surface area contributed by atoms with Crippen LogP contribution in [0.2, 0.25) is 0 Å². The number of thioether (sulfide) groups is 1. The van der Waals surface area contributed by atoms with E-state index in [1.54, 1.807) is 26.8 Å². The number of ether oxygens (including phenoxy) is 2. The molecule has 10 nitrogen and oxygen atoms in total. The Morgan fingerprint density at radius 3 is 2.42 bits per heavy atom. The van der Waals surface area contributed by atoms with Gasteiger partial charge in [0.1, 0.15) is 0 Å². The molecule has 0 aliphatic carbocycles. The lowest BCUT2D eigenvalue weighted by molar-refractivity contribution is -0.384. The topological polar surface area (TPSA) is 140 Å². The predicted molar refractivity (Wildman–Crippen MR) is 138 cm³/mol. The van der Waals surface area contributed by atoms with Crippen LogP contribution in [0, 0.1) is 10.1 Å². The monoisotopic (exact) mass is 521 g/mol. The van der Waals surface area contributed by atoms with E-state index in [-0.39, 0.29) is 36.1 Å². The number of nitrogens with one attached hydrogen (secondary N) is 2. The number of hydrogen-bond donors (Lipinski definition) is 3. The molecule has 2 atom stereocenters. The summed E-state index contributed by atoms with van der Waals surface area (Å²) < 4.78 is 10.6. The molecule has 2 unspecified atom stereocenters. The normalized spacial score (nSPS) is 16.6. The number of nitro groups is 1. The van der Waals surface area contributed by atoms with Crippen molar-refractivity contribution in [1.29, 1.82) is 0 Å². The number of esters is 2. The molecule has 11 heteroatoms. The summed E-state index contributed by atoms with van der Waals surface area (Å²) in [5.41, 5.74) is 1.62. The number of carbonyl (C=O) groups excluding carboxylic acids is 2. The molecule has 3 N–H and O–H groups in total. The van der Waals surface area contributed by atoms with Crippen molar-refractivity contribution >= 4 is 29.4 Å². The number of aliphatic hydroxyl groups excluding tert-OH is 1. The van der Waals surface area contributed by atoms with Crippen LogP contribution in [0.1, 0.15) is 46.1 Å². The Kier molecular flexibility index (Phi) is 11.4. The number of hydrogen-bond acceptors (Lipinski definition) is 10. The molecule has 0 amide bonds. The van der Waals surface area contributed by atoms with Crippen molar-refractivity contribution in [3.05, 3.63) is 62.5 Å². The summed E-state index contributed by atoms with van der Waals surface area (Å²) in [6.07, 6.45) is -0.591. The molecular formula is C25H35N3O7S. The van der Waals surface area contributed by atoms with Crippen molar-refractivity contribution in [3.63, 3.8) is 0 Å². The largest absolute Gasteiger partial charge is 0.463 e. The molecule has 1 aliphatic heterocycles. The quantitative estimate of drug-likeness (QED) is 0.202. The van der Waals surface area contributed by atoms with Crippen LogP contribution in [-0.2, 0) is 19.1 Å². The highest BCUT2D eigenvalue weighted by Gasteiger charge is 2.39. The molecule has 1 heterocycles. The minimum atomic E-state index is -0.924. The Balaban J connectivity index is 2.53. The van der Waals surface area contributed by atoms with E-state index < -0.39 is 28.9 Å². The van der Waals surface area contributed by atoms with Gasteiger partial charge in [-0.05, 0) is 26.3 Å². The summed E-state index contributed by atoms with van der Waals surface area (Å²) in [5.74, 6) is -1.44. The predicted octanol–water partition coefficient (Wildman–Crippen LogP) is 3.03. The third-order valence-electron chi connectivity index (χ3n) is 5.37. The molecule has 0 saturated carbocycles. The van der Waals surface area contributed by atoms with Crippen molar-refractivity contribution in [2.75, 3.05) is 31.3 Å². The lowest BCUT2D eigenvalue weighted by atomic mass is 9.80. The van der Waals surface area contributed by atoms with Crippen LogP contribution in [0.5, 0.6) is 0 Å². The molecule has 0 spiro atoms. The van der Waals surface area contributed by atoms with E-state index in [1.807, 2.05) is 13.8 Å². The van der Waals surface area contributed by atoms with Crippen LogP contribution in [0.15, 0.2) is 46.8 Å². The van der Waals surface area contributed by atoms with Gasteiger partial charge in [-0.25, -0.2) is 9.59 Å². The lowest BCUT2D eigenvalue weighted by Gasteiger charge is -2.31. The number of benzene rings is 1. The fraction of sp³-hybridized carbons (Fsp3) is 0.520. The fourth-order valence-corrected chi connectivity index (χ4v) is 4.76. The van der Waals surface area contributed by atoms with Gasteiger partial charge in [0.05, 0.1) is 41.3 Å². The molecule has 0 bridgehead atoms. The molecule has 2 rings (SSSR count). The molecule has 0 radical (unpaired) electrons. The second-order valence-electron chi connectivity index (χ2n) is 8.51. The van der Waals surface area contributed by atoms with Crippen LogP contribution < -0.4 is 10.6 Å². The summed E-state index contributed by atoms with van der Waals surface area (Å²) in [6, 6.07) is 6.10. The Labute approximate surface area is 215 Å². The zero-order valence-corrected chi connectivity index (χ0v) is 22.1. The standard InChI is InChI=1S/C25H35N3O7S/c1-6-34-24(30)21-16(5)27-20(14-36-13-19(29)12-26-15(3)4)23(25(31)35-7-2)22(21)17-9-8-10-18(11-17)28(32)33/h8-11,15,19,22,26-27,29H,6-7,12-14H2,1-5H3. The maximum atomic E-state index is 13.2. The SMILES string of the molecule is CCOC(=O)C1=C(C)NC(CSCC(O)CNC(C)C)=C(C(=O)OCC)C1c1cccc([N+](=O)[O-])c1. The number of aliphatic hydroxyl groups is 1. The molecule has 36 heavy (non-hydrogen) atoms. The maximum Gasteiger partial charge on any atom is 0.336 e. The molecular weight excluding hydrogens is 486 g/mol. The lowest BCUT2D eigenvalue weighted by Crippen LogP contribution is -2.35. The van der Waals surface area contributed by atoms with Gasteiger partial charge in [0.2, 0.25) is 0 Å². The van der Waals surface area contributed by atoms with E-state index in [4.69, 9.17) is 9.47 Å². The van der Waals surface area contributed by atoms with Gasteiger partial charge in [0.25, 0.3) is 5.69 Å². The number of nitrogens with zero attached hydrogens (tertiary/aromatic N) is 1. The van der Waals surface area contributed by atoms with Crippen LogP contribution >= 0.6 is 11.8 Å². The van der Waals surface area contributed by atoms with Crippen LogP contribution in [0.25, 0.3) is 0 Å². The van der Waals surface area contributed by atoms with E-state index in [0.29, 0.717) is 35.0 Å². The Morgan fingerprint density at radius 1 is 1.19 bits per heavy atom. The van der Waals surface area contributed by atoms with Crippen molar-refractivity contribution in [3.8, 4) is 0 Å². The molecule has 1 aromatic rings. The highest BCUT2D eigenvalue weighted by atomic mass is 32.2. The second-order valence-corrected chi connectivity index (χ2v) is 9.54. The summed E-state index contributed by atoms with van der Waals surface area (Å²) in [4.78, 5) is 37.2. The zero-order chi connectivity index (χ0) is 26.8. The highest BCUT2D eigenvalue weighted by Crippen LogP contribution is 2.40. The van der Waals surface area contributed by atoms with E-state index in [1.165, 1.54) is 30.0 Å². The van der Waals surface area contributed by atoms with Gasteiger partial charge in [-0.2, -0.15) is 11.8 Å². The van der Waals surface area contributed by atoms with E-state index in [2.05, 4.69) is 10.6 Å². The molecule has 198 valence electrons. The Hall–Kier alpha value is -2.89. The smallest absolute Gasteiger partial charge is 0.336 e. The number of non-ortho nitro benzene ring substituents is 1. The second kappa shape index (κ2) is 14.0. The number of rotatable bonds is 13.